The van der Waals surface area contributed by atoms with Crippen LogP contribution in [0.5, 0.6) is 0 Å². The van der Waals surface area contributed by atoms with E-state index in [2.05, 4.69) is 27.7 Å². The van der Waals surface area contributed by atoms with Crippen LogP contribution in [0.4, 0.5) is 5.82 Å². The summed E-state index contributed by atoms with van der Waals surface area (Å²) >= 11 is 0. The average molecular weight is 277 g/mol. The number of hydrogen-bond acceptors (Lipinski definition) is 5. The van der Waals surface area contributed by atoms with Gasteiger partial charge in [0.1, 0.15) is 11.5 Å². The molecule has 1 aliphatic heterocycles. The van der Waals surface area contributed by atoms with Gasteiger partial charge in [0, 0.05) is 32.2 Å². The van der Waals surface area contributed by atoms with Gasteiger partial charge in [-0.25, -0.2) is 9.99 Å². The van der Waals surface area contributed by atoms with E-state index in [0.717, 1.165) is 32.0 Å². The largest absolute Gasteiger partial charge is 0.368 e. The molecule has 1 amide bonds. The molecule has 1 aliphatic rings. The van der Waals surface area contributed by atoms with Crippen LogP contribution in [-0.4, -0.2) is 60.1 Å². The fraction of sp³-hybridized carbons (Fsp3) is 0.571. The van der Waals surface area contributed by atoms with Crippen molar-refractivity contribution >= 4 is 11.7 Å². The fourth-order valence-electron chi connectivity index (χ4n) is 2.06. The van der Waals surface area contributed by atoms with Crippen LogP contribution < -0.4 is 10.7 Å². The molecule has 1 fully saturated rings. The van der Waals surface area contributed by atoms with Crippen molar-refractivity contribution < 1.29 is 4.79 Å². The van der Waals surface area contributed by atoms with E-state index in [4.69, 9.17) is 0 Å². The third kappa shape index (κ3) is 4.18. The molecule has 0 radical (unpaired) electrons. The predicted octanol–water partition coefficient (Wildman–Crippen LogP) is 0.794. The van der Waals surface area contributed by atoms with Crippen molar-refractivity contribution in [3.05, 3.63) is 23.9 Å². The van der Waals surface area contributed by atoms with Crippen molar-refractivity contribution in [2.75, 3.05) is 38.5 Å². The molecule has 2 N–H and O–H groups in total. The number of likely N-dealkylation sites (N-methyl/N-ethyl adjacent to an activating group) is 1. The number of pyridine rings is 1. The van der Waals surface area contributed by atoms with Crippen LogP contribution in [0.2, 0.25) is 0 Å². The first kappa shape index (κ1) is 14.7. The summed E-state index contributed by atoms with van der Waals surface area (Å²) in [4.78, 5) is 18.8. The smallest absolute Gasteiger partial charge is 0.284 e. The topological polar surface area (TPSA) is 60.5 Å². The lowest BCUT2D eigenvalue weighted by atomic mass is 10.3. The molecule has 2 heterocycles. The number of rotatable bonds is 4. The molecule has 0 bridgehead atoms. The molecule has 0 saturated carbocycles. The Kier molecular flexibility index (Phi) is 4.92. The Bertz CT molecular complexity index is 455. The van der Waals surface area contributed by atoms with Crippen LogP contribution >= 0.6 is 0 Å². The maximum absolute atomic E-state index is 12.2. The summed E-state index contributed by atoms with van der Waals surface area (Å²) in [5.74, 6) is 0.577. The second kappa shape index (κ2) is 6.67. The molecule has 1 aromatic heterocycles. The summed E-state index contributed by atoms with van der Waals surface area (Å²) < 4.78 is 0. The van der Waals surface area contributed by atoms with Gasteiger partial charge >= 0.3 is 0 Å². The fourth-order valence-corrected chi connectivity index (χ4v) is 2.06. The molecular weight excluding hydrogens is 254 g/mol. The van der Waals surface area contributed by atoms with Gasteiger partial charge in [-0.3, -0.25) is 10.2 Å². The van der Waals surface area contributed by atoms with Crippen LogP contribution in [0.25, 0.3) is 0 Å². The predicted molar refractivity (Wildman–Crippen MR) is 79.5 cm³/mol. The average Bonchev–Trinajstić information content (AvgIpc) is 2.41. The summed E-state index contributed by atoms with van der Waals surface area (Å²) in [6.07, 6.45) is 0. The van der Waals surface area contributed by atoms with Gasteiger partial charge in [-0.15, -0.1) is 0 Å². The number of amides is 1. The van der Waals surface area contributed by atoms with Gasteiger partial charge in [0.25, 0.3) is 5.91 Å². The molecule has 1 aromatic rings. The number of carbonyl (C=O) groups is 1. The van der Waals surface area contributed by atoms with Crippen LogP contribution in [0.1, 0.15) is 24.3 Å². The van der Waals surface area contributed by atoms with E-state index in [0.29, 0.717) is 11.7 Å². The molecule has 110 valence electrons. The highest BCUT2D eigenvalue weighted by Crippen LogP contribution is 2.07. The minimum atomic E-state index is -0.151. The van der Waals surface area contributed by atoms with Gasteiger partial charge in [0.15, 0.2) is 0 Å². The van der Waals surface area contributed by atoms with Crippen LogP contribution in [0, 0.1) is 0 Å². The lowest BCUT2D eigenvalue weighted by Gasteiger charge is -2.32. The van der Waals surface area contributed by atoms with E-state index in [1.807, 2.05) is 31.0 Å². The van der Waals surface area contributed by atoms with Crippen LogP contribution in [0.3, 0.4) is 0 Å². The molecule has 20 heavy (non-hydrogen) atoms. The molecule has 0 spiro atoms. The molecule has 0 unspecified atom stereocenters. The normalized spacial score (nSPS) is 17.2. The Morgan fingerprint density at radius 2 is 1.95 bits per heavy atom. The molecule has 2 rings (SSSR count). The van der Waals surface area contributed by atoms with Gasteiger partial charge < -0.3 is 10.2 Å². The van der Waals surface area contributed by atoms with Crippen molar-refractivity contribution in [2.45, 2.75) is 19.9 Å². The standard InChI is InChI=1S/C14H23N5O/c1-11(2)15-13-6-4-5-12(16-13)14(20)17-19-9-7-18(3)8-10-19/h4-6,11H,7-10H2,1-3H3,(H,15,16)(H,17,20). The lowest BCUT2D eigenvalue weighted by molar-refractivity contribution is 0.0658. The Hall–Kier alpha value is -1.66. The molecule has 6 heteroatoms. The molecule has 0 aliphatic carbocycles. The molecule has 0 aromatic carbocycles. The maximum Gasteiger partial charge on any atom is 0.284 e. The number of carbonyl (C=O) groups excluding carboxylic acids is 1. The summed E-state index contributed by atoms with van der Waals surface area (Å²) in [7, 11) is 2.09. The third-order valence-electron chi connectivity index (χ3n) is 3.18. The van der Waals surface area contributed by atoms with Gasteiger partial charge in [0.2, 0.25) is 0 Å². The first-order valence-corrected chi connectivity index (χ1v) is 7.02. The van der Waals surface area contributed by atoms with Crippen molar-refractivity contribution in [3.63, 3.8) is 0 Å². The molecule has 1 saturated heterocycles. The zero-order chi connectivity index (χ0) is 14.5. The highest BCUT2D eigenvalue weighted by Gasteiger charge is 2.17. The number of aromatic nitrogens is 1. The molecule has 0 atom stereocenters. The number of hydrogen-bond donors (Lipinski definition) is 2. The number of nitrogens with one attached hydrogen (secondary N) is 2. The summed E-state index contributed by atoms with van der Waals surface area (Å²) in [6.45, 7) is 7.68. The summed E-state index contributed by atoms with van der Waals surface area (Å²) in [5.41, 5.74) is 3.35. The first-order valence-electron chi connectivity index (χ1n) is 7.02. The summed E-state index contributed by atoms with van der Waals surface area (Å²) in [5, 5.41) is 5.15. The van der Waals surface area contributed by atoms with E-state index >= 15 is 0 Å². The maximum atomic E-state index is 12.2. The van der Waals surface area contributed by atoms with Crippen molar-refractivity contribution in [3.8, 4) is 0 Å². The number of anilines is 1. The van der Waals surface area contributed by atoms with Crippen LogP contribution in [0.15, 0.2) is 18.2 Å². The number of piperazine rings is 1. The zero-order valence-corrected chi connectivity index (χ0v) is 12.4. The minimum Gasteiger partial charge on any atom is -0.368 e. The van der Waals surface area contributed by atoms with E-state index in [9.17, 15) is 4.79 Å². The lowest BCUT2D eigenvalue weighted by Crippen LogP contribution is -2.52. The van der Waals surface area contributed by atoms with Gasteiger partial charge in [0.05, 0.1) is 0 Å². The van der Waals surface area contributed by atoms with Crippen molar-refractivity contribution in [2.24, 2.45) is 0 Å². The quantitative estimate of drug-likeness (QED) is 0.852. The van der Waals surface area contributed by atoms with E-state index in [-0.39, 0.29) is 5.91 Å². The van der Waals surface area contributed by atoms with E-state index in [1.54, 1.807) is 6.07 Å². The SMILES string of the molecule is CC(C)Nc1cccc(C(=O)NN2CCN(C)CC2)n1. The first-order chi connectivity index (χ1) is 9.54. The Morgan fingerprint density at radius 1 is 1.25 bits per heavy atom. The number of hydrazine groups is 1. The van der Waals surface area contributed by atoms with Crippen LogP contribution in [-0.2, 0) is 0 Å². The Labute approximate surface area is 120 Å². The Balaban J connectivity index is 1.95. The second-order valence-corrected chi connectivity index (χ2v) is 5.44. The molecular formula is C14H23N5O. The minimum absolute atomic E-state index is 0.151. The third-order valence-corrected chi connectivity index (χ3v) is 3.18. The van der Waals surface area contributed by atoms with E-state index < -0.39 is 0 Å². The van der Waals surface area contributed by atoms with Gasteiger partial charge in [-0.05, 0) is 33.0 Å². The number of nitrogens with zero attached hydrogens (tertiary/aromatic N) is 3. The highest BCUT2D eigenvalue weighted by atomic mass is 16.2. The Morgan fingerprint density at radius 3 is 2.60 bits per heavy atom. The monoisotopic (exact) mass is 277 g/mol. The van der Waals surface area contributed by atoms with E-state index in [1.165, 1.54) is 0 Å². The zero-order valence-electron chi connectivity index (χ0n) is 12.4. The van der Waals surface area contributed by atoms with Crippen molar-refractivity contribution in [1.29, 1.82) is 0 Å². The van der Waals surface area contributed by atoms with Gasteiger partial charge in [-0.1, -0.05) is 6.07 Å². The van der Waals surface area contributed by atoms with Gasteiger partial charge in [-0.2, -0.15) is 0 Å². The highest BCUT2D eigenvalue weighted by molar-refractivity contribution is 5.92. The second-order valence-electron chi connectivity index (χ2n) is 5.44. The summed E-state index contributed by atoms with van der Waals surface area (Å²) in [6, 6.07) is 5.73. The van der Waals surface area contributed by atoms with Crippen molar-refractivity contribution in [1.82, 2.24) is 20.3 Å². The molecule has 6 nitrogen and oxygen atoms in total.